The van der Waals surface area contributed by atoms with E-state index >= 15 is 0 Å². The highest BCUT2D eigenvalue weighted by atomic mass is 19.1. The molecule has 4 aromatic carbocycles. The van der Waals surface area contributed by atoms with E-state index in [2.05, 4.69) is 36.5 Å². The fraction of sp³-hybridized carbons (Fsp3) is 0.233. The van der Waals surface area contributed by atoms with Crippen LogP contribution in [0.25, 0.3) is 10.8 Å². The van der Waals surface area contributed by atoms with Crippen LogP contribution in [0.4, 0.5) is 8.78 Å². The summed E-state index contributed by atoms with van der Waals surface area (Å²) in [5.41, 5.74) is 1.69. The maximum Gasteiger partial charge on any atom is 0.341 e. The van der Waals surface area contributed by atoms with Crippen molar-refractivity contribution >= 4 is 16.7 Å². The number of aromatic carboxylic acids is 1. The molecule has 1 heterocycles. The number of hydrogen-bond donors (Lipinski definition) is 2. The van der Waals surface area contributed by atoms with Crippen LogP contribution in [0.5, 0.6) is 5.75 Å². The predicted molar refractivity (Wildman–Crippen MR) is 136 cm³/mol. The fourth-order valence-electron chi connectivity index (χ4n) is 5.25. The number of carboxylic acids is 1. The Labute approximate surface area is 208 Å². The Morgan fingerprint density at radius 2 is 1.78 bits per heavy atom. The van der Waals surface area contributed by atoms with Gasteiger partial charge in [-0.15, -0.1) is 0 Å². The number of ether oxygens (including phenoxy) is 1. The smallest absolute Gasteiger partial charge is 0.341 e. The number of hydrogen-bond acceptors (Lipinski definition) is 3. The summed E-state index contributed by atoms with van der Waals surface area (Å²) in [5.74, 6) is -3.37. The molecule has 0 saturated carbocycles. The van der Waals surface area contributed by atoms with E-state index in [1.165, 1.54) is 23.3 Å². The Balaban J connectivity index is 1.43. The maximum atomic E-state index is 14.9. The van der Waals surface area contributed by atoms with Gasteiger partial charge in [0.05, 0.1) is 0 Å². The first-order valence-corrected chi connectivity index (χ1v) is 12.0. The fourth-order valence-corrected chi connectivity index (χ4v) is 5.25. The molecule has 6 heteroatoms. The van der Waals surface area contributed by atoms with E-state index in [9.17, 15) is 18.7 Å². The number of para-hydroxylation sites is 1. The molecule has 0 amide bonds. The molecule has 4 aromatic rings. The van der Waals surface area contributed by atoms with Crippen LogP contribution in [0, 0.1) is 18.6 Å². The van der Waals surface area contributed by atoms with Crippen LogP contribution in [-0.2, 0) is 0 Å². The molecule has 0 unspecified atom stereocenters. The van der Waals surface area contributed by atoms with Gasteiger partial charge in [0.15, 0.2) is 0 Å². The lowest BCUT2D eigenvalue weighted by molar-refractivity contribution is 0.0686. The molecule has 3 atom stereocenters. The lowest BCUT2D eigenvalue weighted by atomic mass is 9.81. The number of halogens is 2. The standard InChI is InChI=1S/C30H27F2NO3/c1-17-24(15-26(31)28(29(17)32)30(34)35)25-14-20(36-27-13-6-5-11-23(25)27)16-33-18(2)21-12-7-9-19-8-3-4-10-22(19)21/h3-13,15,18,20,25,33H,14,16H2,1-2H3,(H,34,35)/t18-,20-,25-/m1/s1. The molecule has 0 spiro atoms. The van der Waals surface area contributed by atoms with Crippen molar-refractivity contribution in [2.24, 2.45) is 0 Å². The summed E-state index contributed by atoms with van der Waals surface area (Å²) in [4.78, 5) is 11.4. The van der Waals surface area contributed by atoms with Crippen molar-refractivity contribution in [1.82, 2.24) is 5.32 Å². The summed E-state index contributed by atoms with van der Waals surface area (Å²) in [7, 11) is 0. The van der Waals surface area contributed by atoms with Crippen LogP contribution in [-0.4, -0.2) is 23.7 Å². The van der Waals surface area contributed by atoms with Crippen molar-refractivity contribution < 1.29 is 23.4 Å². The van der Waals surface area contributed by atoms with Gasteiger partial charge in [0.25, 0.3) is 0 Å². The zero-order chi connectivity index (χ0) is 25.4. The second-order valence-corrected chi connectivity index (χ2v) is 9.33. The Morgan fingerprint density at radius 1 is 1.06 bits per heavy atom. The molecule has 36 heavy (non-hydrogen) atoms. The van der Waals surface area contributed by atoms with E-state index in [0.717, 1.165) is 11.6 Å². The van der Waals surface area contributed by atoms with Crippen LogP contribution < -0.4 is 10.1 Å². The van der Waals surface area contributed by atoms with Crippen molar-refractivity contribution in [3.05, 3.63) is 112 Å². The highest BCUT2D eigenvalue weighted by Gasteiger charge is 2.33. The highest BCUT2D eigenvalue weighted by molar-refractivity contribution is 5.89. The summed E-state index contributed by atoms with van der Waals surface area (Å²) >= 11 is 0. The molecule has 0 fully saturated rings. The van der Waals surface area contributed by atoms with Crippen LogP contribution in [0.1, 0.15) is 57.9 Å². The van der Waals surface area contributed by atoms with Gasteiger partial charge >= 0.3 is 5.97 Å². The van der Waals surface area contributed by atoms with Crippen molar-refractivity contribution in [2.45, 2.75) is 38.3 Å². The third kappa shape index (κ3) is 4.33. The number of fused-ring (bicyclic) bond motifs is 2. The Morgan fingerprint density at radius 3 is 2.58 bits per heavy atom. The molecule has 0 aromatic heterocycles. The molecule has 5 rings (SSSR count). The molecule has 2 N–H and O–H groups in total. The first kappa shape index (κ1) is 23.9. The predicted octanol–water partition coefficient (Wildman–Crippen LogP) is 6.76. The quantitative estimate of drug-likeness (QED) is 0.316. The highest BCUT2D eigenvalue weighted by Crippen LogP contribution is 2.42. The SMILES string of the molecule is Cc1c([C@@H]2C[C@H](CN[C@H](C)c3cccc4ccccc34)Oc3ccccc32)cc(F)c(C(=O)O)c1F. The third-order valence-electron chi connectivity index (χ3n) is 7.12. The van der Waals surface area contributed by atoms with Crippen molar-refractivity contribution in [1.29, 1.82) is 0 Å². The molecule has 0 aliphatic carbocycles. The lowest BCUT2D eigenvalue weighted by Gasteiger charge is -2.34. The van der Waals surface area contributed by atoms with E-state index in [1.807, 2.05) is 42.5 Å². The molecule has 0 bridgehead atoms. The molecule has 184 valence electrons. The maximum absolute atomic E-state index is 14.9. The number of carboxylic acid groups (broad SMARTS) is 1. The first-order chi connectivity index (χ1) is 17.3. The second-order valence-electron chi connectivity index (χ2n) is 9.33. The van der Waals surface area contributed by atoms with Gasteiger partial charge in [-0.3, -0.25) is 0 Å². The third-order valence-corrected chi connectivity index (χ3v) is 7.12. The Kier molecular flexibility index (Phi) is 6.46. The largest absolute Gasteiger partial charge is 0.489 e. The Bertz CT molecular complexity index is 1450. The molecular weight excluding hydrogens is 460 g/mol. The van der Waals surface area contributed by atoms with Gasteiger partial charge in [0.1, 0.15) is 29.1 Å². The first-order valence-electron chi connectivity index (χ1n) is 12.0. The van der Waals surface area contributed by atoms with Gasteiger partial charge < -0.3 is 15.2 Å². The topological polar surface area (TPSA) is 58.6 Å². The summed E-state index contributed by atoms with van der Waals surface area (Å²) < 4.78 is 35.9. The minimum Gasteiger partial charge on any atom is -0.489 e. The number of nitrogens with one attached hydrogen (secondary N) is 1. The zero-order valence-electron chi connectivity index (χ0n) is 20.1. The van der Waals surface area contributed by atoms with Gasteiger partial charge in [-0.05, 0) is 59.9 Å². The summed E-state index contributed by atoms with van der Waals surface area (Å²) in [6.07, 6.45) is 0.255. The lowest BCUT2D eigenvalue weighted by Crippen LogP contribution is -2.37. The summed E-state index contributed by atoms with van der Waals surface area (Å²) in [5, 5.41) is 15.2. The van der Waals surface area contributed by atoms with E-state index in [1.54, 1.807) is 0 Å². The van der Waals surface area contributed by atoms with Crippen LogP contribution in [0.2, 0.25) is 0 Å². The van der Waals surface area contributed by atoms with Gasteiger partial charge in [0, 0.05) is 24.1 Å². The van der Waals surface area contributed by atoms with Crippen molar-refractivity contribution in [3.8, 4) is 5.75 Å². The van der Waals surface area contributed by atoms with Crippen molar-refractivity contribution in [3.63, 3.8) is 0 Å². The van der Waals surface area contributed by atoms with Gasteiger partial charge in [-0.2, -0.15) is 0 Å². The van der Waals surface area contributed by atoms with Gasteiger partial charge in [-0.1, -0.05) is 60.7 Å². The molecule has 1 aliphatic heterocycles. The average Bonchev–Trinajstić information content (AvgIpc) is 2.88. The number of carbonyl (C=O) groups is 1. The van der Waals surface area contributed by atoms with Crippen LogP contribution in [0.3, 0.4) is 0 Å². The molecular formula is C30H27F2NO3. The van der Waals surface area contributed by atoms with Gasteiger partial charge in [0.2, 0.25) is 0 Å². The van der Waals surface area contributed by atoms with E-state index in [0.29, 0.717) is 24.3 Å². The summed E-state index contributed by atoms with van der Waals surface area (Å²) in [6, 6.07) is 23.2. The minimum atomic E-state index is -1.61. The monoisotopic (exact) mass is 487 g/mol. The molecule has 4 nitrogen and oxygen atoms in total. The van der Waals surface area contributed by atoms with Crippen molar-refractivity contribution in [2.75, 3.05) is 6.54 Å². The molecule has 0 saturated heterocycles. The second kappa shape index (κ2) is 9.70. The molecule has 0 radical (unpaired) electrons. The van der Waals surface area contributed by atoms with E-state index in [4.69, 9.17) is 4.74 Å². The summed E-state index contributed by atoms with van der Waals surface area (Å²) in [6.45, 7) is 4.15. The van der Waals surface area contributed by atoms with E-state index < -0.39 is 23.2 Å². The van der Waals surface area contributed by atoms with Crippen LogP contribution in [0.15, 0.2) is 72.8 Å². The average molecular weight is 488 g/mol. The Hall–Kier alpha value is -3.77. The zero-order valence-corrected chi connectivity index (χ0v) is 20.1. The van der Waals surface area contributed by atoms with Gasteiger partial charge in [-0.25, -0.2) is 13.6 Å². The number of rotatable bonds is 6. The van der Waals surface area contributed by atoms with E-state index in [-0.39, 0.29) is 23.6 Å². The normalized spacial score (nSPS) is 17.9. The minimum absolute atomic E-state index is 0.0572. The number of benzene rings is 4. The molecule has 1 aliphatic rings. The van der Waals surface area contributed by atoms with Crippen LogP contribution >= 0.6 is 0 Å².